The van der Waals surface area contributed by atoms with Crippen LogP contribution in [0.25, 0.3) is 0 Å². The van der Waals surface area contributed by atoms with Crippen LogP contribution in [0.4, 0.5) is 0 Å². The lowest BCUT2D eigenvalue weighted by molar-refractivity contribution is -0.151. The van der Waals surface area contributed by atoms with Gasteiger partial charge in [-0.05, 0) is 19.3 Å². The summed E-state index contributed by atoms with van der Waals surface area (Å²) in [7, 11) is 0. The predicted octanol–water partition coefficient (Wildman–Crippen LogP) is 0.145. The molecule has 0 bridgehead atoms. The van der Waals surface area contributed by atoms with Crippen molar-refractivity contribution in [2.24, 2.45) is 0 Å². The van der Waals surface area contributed by atoms with E-state index in [4.69, 9.17) is 9.84 Å². The number of carboxylic acids is 1. The van der Waals surface area contributed by atoms with Crippen molar-refractivity contribution in [1.82, 2.24) is 5.32 Å². The van der Waals surface area contributed by atoms with E-state index in [-0.39, 0.29) is 5.91 Å². The molecule has 1 fully saturated rings. The SMILES string of the molecule is CCCNC(=O)[C@@H]1CC[C@H](C(=O)O)O1. The van der Waals surface area contributed by atoms with Crippen LogP contribution in [0, 0.1) is 0 Å². The van der Waals surface area contributed by atoms with Gasteiger partial charge in [-0.15, -0.1) is 0 Å². The highest BCUT2D eigenvalue weighted by Crippen LogP contribution is 2.19. The minimum atomic E-state index is -0.990. The van der Waals surface area contributed by atoms with E-state index in [2.05, 4.69) is 5.32 Å². The van der Waals surface area contributed by atoms with Crippen LogP contribution in [0.5, 0.6) is 0 Å². The molecule has 2 atom stereocenters. The molecule has 0 aromatic heterocycles. The average molecular weight is 201 g/mol. The van der Waals surface area contributed by atoms with E-state index in [1.165, 1.54) is 0 Å². The molecule has 0 spiro atoms. The van der Waals surface area contributed by atoms with Crippen LogP contribution in [0.1, 0.15) is 26.2 Å². The summed E-state index contributed by atoms with van der Waals surface area (Å²) in [5.41, 5.74) is 0. The number of aliphatic carboxylic acids is 1. The minimum absolute atomic E-state index is 0.199. The Morgan fingerprint density at radius 2 is 2.07 bits per heavy atom. The summed E-state index contributed by atoms with van der Waals surface area (Å²) < 4.78 is 5.07. The number of carbonyl (C=O) groups excluding carboxylic acids is 1. The first-order chi connectivity index (χ1) is 6.65. The molecule has 0 saturated carbocycles. The van der Waals surface area contributed by atoms with Gasteiger partial charge in [-0.1, -0.05) is 6.92 Å². The van der Waals surface area contributed by atoms with Crippen molar-refractivity contribution in [3.63, 3.8) is 0 Å². The summed E-state index contributed by atoms with van der Waals surface area (Å²) in [5.74, 6) is -1.19. The quantitative estimate of drug-likeness (QED) is 0.678. The Balaban J connectivity index is 2.34. The number of rotatable bonds is 4. The summed E-state index contributed by atoms with van der Waals surface area (Å²) in [4.78, 5) is 21.9. The van der Waals surface area contributed by atoms with Gasteiger partial charge in [0.25, 0.3) is 0 Å². The molecule has 1 aliphatic heterocycles. The van der Waals surface area contributed by atoms with Crippen LogP contribution < -0.4 is 5.32 Å². The van der Waals surface area contributed by atoms with Gasteiger partial charge in [0.2, 0.25) is 5.91 Å². The van der Waals surface area contributed by atoms with Crippen molar-refractivity contribution in [3.05, 3.63) is 0 Å². The first-order valence-electron chi connectivity index (χ1n) is 4.81. The maximum Gasteiger partial charge on any atom is 0.332 e. The summed E-state index contributed by atoms with van der Waals surface area (Å²) in [6, 6.07) is 0. The van der Waals surface area contributed by atoms with Gasteiger partial charge in [0.1, 0.15) is 6.10 Å². The zero-order chi connectivity index (χ0) is 10.6. The molecule has 0 aromatic carbocycles. The van der Waals surface area contributed by atoms with Crippen LogP contribution in [0.3, 0.4) is 0 Å². The topological polar surface area (TPSA) is 75.6 Å². The molecule has 1 rings (SSSR count). The molecular weight excluding hydrogens is 186 g/mol. The van der Waals surface area contributed by atoms with Crippen LogP contribution in [-0.4, -0.2) is 35.7 Å². The first-order valence-corrected chi connectivity index (χ1v) is 4.81. The Labute approximate surface area is 82.4 Å². The largest absolute Gasteiger partial charge is 0.479 e. The molecular formula is C9H15NO4. The van der Waals surface area contributed by atoms with E-state index in [1.54, 1.807) is 0 Å². The van der Waals surface area contributed by atoms with Crippen LogP contribution >= 0.6 is 0 Å². The maximum absolute atomic E-state index is 11.3. The van der Waals surface area contributed by atoms with E-state index in [0.29, 0.717) is 19.4 Å². The lowest BCUT2D eigenvalue weighted by Crippen LogP contribution is -2.35. The Kier molecular flexibility index (Phi) is 3.88. The van der Waals surface area contributed by atoms with E-state index in [0.717, 1.165) is 6.42 Å². The van der Waals surface area contributed by atoms with Crippen LogP contribution in [-0.2, 0) is 14.3 Å². The van der Waals surface area contributed by atoms with Crippen molar-refractivity contribution in [2.75, 3.05) is 6.54 Å². The molecule has 0 radical (unpaired) electrons. The average Bonchev–Trinajstić information content (AvgIpc) is 2.62. The molecule has 5 nitrogen and oxygen atoms in total. The lowest BCUT2D eigenvalue weighted by atomic mass is 10.2. The molecule has 80 valence electrons. The molecule has 5 heteroatoms. The van der Waals surface area contributed by atoms with Crippen molar-refractivity contribution in [3.8, 4) is 0 Å². The Hall–Kier alpha value is -1.10. The second kappa shape index (κ2) is 4.95. The van der Waals surface area contributed by atoms with Crippen LogP contribution in [0.15, 0.2) is 0 Å². The van der Waals surface area contributed by atoms with Crippen LogP contribution in [0.2, 0.25) is 0 Å². The standard InChI is InChI=1S/C9H15NO4/c1-2-5-10-8(11)6-3-4-7(14-6)9(12)13/h6-7H,2-5H2,1H3,(H,10,11)(H,12,13)/t6-,7+/m0/s1. The number of ether oxygens (including phenoxy) is 1. The van der Waals surface area contributed by atoms with Gasteiger partial charge in [-0.25, -0.2) is 4.79 Å². The van der Waals surface area contributed by atoms with Crippen molar-refractivity contribution < 1.29 is 19.4 Å². The molecule has 1 saturated heterocycles. The fourth-order valence-corrected chi connectivity index (χ4v) is 1.37. The molecule has 2 N–H and O–H groups in total. The Morgan fingerprint density at radius 1 is 1.43 bits per heavy atom. The Morgan fingerprint density at radius 3 is 2.57 bits per heavy atom. The molecule has 0 aliphatic carbocycles. The number of nitrogens with one attached hydrogen (secondary N) is 1. The lowest BCUT2D eigenvalue weighted by Gasteiger charge is -2.10. The second-order valence-electron chi connectivity index (χ2n) is 3.32. The molecule has 1 aliphatic rings. The monoisotopic (exact) mass is 201 g/mol. The smallest absolute Gasteiger partial charge is 0.332 e. The van der Waals surface area contributed by atoms with Gasteiger partial charge in [0.05, 0.1) is 0 Å². The highest BCUT2D eigenvalue weighted by atomic mass is 16.5. The molecule has 14 heavy (non-hydrogen) atoms. The van der Waals surface area contributed by atoms with Gasteiger partial charge in [-0.3, -0.25) is 4.79 Å². The first kappa shape index (κ1) is 11.0. The van der Waals surface area contributed by atoms with Gasteiger partial charge in [0, 0.05) is 6.54 Å². The third-order valence-corrected chi connectivity index (χ3v) is 2.14. The fraction of sp³-hybridized carbons (Fsp3) is 0.778. The summed E-state index contributed by atoms with van der Waals surface area (Å²) in [6.07, 6.45) is 0.377. The summed E-state index contributed by atoms with van der Waals surface area (Å²) >= 11 is 0. The third kappa shape index (κ3) is 2.70. The number of carboxylic acid groups (broad SMARTS) is 1. The number of carbonyl (C=O) groups is 2. The Bertz CT molecular complexity index is 229. The second-order valence-corrected chi connectivity index (χ2v) is 3.32. The van der Waals surface area contributed by atoms with E-state index in [9.17, 15) is 9.59 Å². The predicted molar refractivity (Wildman–Crippen MR) is 48.8 cm³/mol. The van der Waals surface area contributed by atoms with E-state index >= 15 is 0 Å². The number of hydrogen-bond donors (Lipinski definition) is 2. The molecule has 0 unspecified atom stereocenters. The zero-order valence-electron chi connectivity index (χ0n) is 8.16. The highest BCUT2D eigenvalue weighted by Gasteiger charge is 2.34. The highest BCUT2D eigenvalue weighted by molar-refractivity contribution is 5.82. The van der Waals surface area contributed by atoms with Gasteiger partial charge in [0.15, 0.2) is 6.10 Å². The minimum Gasteiger partial charge on any atom is -0.479 e. The fourth-order valence-electron chi connectivity index (χ4n) is 1.37. The third-order valence-electron chi connectivity index (χ3n) is 2.14. The molecule has 0 aromatic rings. The molecule has 1 heterocycles. The maximum atomic E-state index is 11.3. The number of hydrogen-bond acceptors (Lipinski definition) is 3. The summed E-state index contributed by atoms with van der Waals surface area (Å²) in [6.45, 7) is 2.56. The van der Waals surface area contributed by atoms with Crippen molar-refractivity contribution in [1.29, 1.82) is 0 Å². The zero-order valence-corrected chi connectivity index (χ0v) is 8.16. The van der Waals surface area contributed by atoms with E-state index in [1.807, 2.05) is 6.92 Å². The van der Waals surface area contributed by atoms with Crippen molar-refractivity contribution >= 4 is 11.9 Å². The van der Waals surface area contributed by atoms with Gasteiger partial charge in [-0.2, -0.15) is 0 Å². The normalized spacial score (nSPS) is 26.1. The summed E-state index contributed by atoms with van der Waals surface area (Å²) in [5, 5.41) is 11.3. The van der Waals surface area contributed by atoms with Gasteiger partial charge < -0.3 is 15.2 Å². The van der Waals surface area contributed by atoms with Crippen molar-refractivity contribution in [2.45, 2.75) is 38.4 Å². The van der Waals surface area contributed by atoms with Gasteiger partial charge >= 0.3 is 5.97 Å². The molecule has 1 amide bonds. The number of amides is 1. The van der Waals surface area contributed by atoms with E-state index < -0.39 is 18.2 Å².